The van der Waals surface area contributed by atoms with Crippen LogP contribution in [0.25, 0.3) is 0 Å². The van der Waals surface area contributed by atoms with Crippen molar-refractivity contribution in [2.75, 3.05) is 12.4 Å². The second-order valence-corrected chi connectivity index (χ2v) is 5.75. The number of fused-ring (bicyclic) bond motifs is 1. The Morgan fingerprint density at radius 2 is 2.17 bits per heavy atom. The van der Waals surface area contributed by atoms with Gasteiger partial charge in [-0.1, -0.05) is 18.2 Å². The molecular weight excluding hydrogens is 258 g/mol. The van der Waals surface area contributed by atoms with Crippen LogP contribution in [0, 0.1) is 0 Å². The molecule has 1 aromatic rings. The van der Waals surface area contributed by atoms with Gasteiger partial charge in [-0.05, 0) is 6.07 Å². The normalized spacial score (nSPS) is 18.8. The minimum absolute atomic E-state index is 0.400. The molecule has 1 aromatic carbocycles. The Morgan fingerprint density at radius 3 is 2.89 bits per heavy atom. The van der Waals surface area contributed by atoms with Gasteiger partial charge in [-0.25, -0.2) is 13.1 Å². The van der Waals surface area contributed by atoms with Crippen LogP contribution in [0.2, 0.25) is 0 Å². The molecule has 6 nitrogen and oxygen atoms in total. The molecular formula is C11H13NO5S. The molecule has 2 rings (SSSR count). The van der Waals surface area contributed by atoms with Gasteiger partial charge < -0.3 is 9.84 Å². The number of nitrogens with one attached hydrogen (secondary N) is 1. The number of para-hydroxylation sites is 1. The maximum atomic E-state index is 11.6. The van der Waals surface area contributed by atoms with Crippen LogP contribution in [0.1, 0.15) is 18.0 Å². The monoisotopic (exact) mass is 271 g/mol. The minimum atomic E-state index is -3.83. The number of hydrogen-bond donors (Lipinski definition) is 2. The fourth-order valence-electron chi connectivity index (χ4n) is 1.89. The van der Waals surface area contributed by atoms with Gasteiger partial charge in [-0.3, -0.25) is 4.79 Å². The largest absolute Gasteiger partial charge is 0.493 e. The first kappa shape index (κ1) is 12.8. The fraction of sp³-hybridized carbons (Fsp3) is 0.364. The summed E-state index contributed by atoms with van der Waals surface area (Å²) < 4.78 is 31.0. The number of sulfonamides is 1. The number of benzene rings is 1. The van der Waals surface area contributed by atoms with E-state index < -0.39 is 27.8 Å². The Bertz CT molecular complexity index is 554. The Kier molecular flexibility index (Phi) is 3.53. The molecule has 1 aliphatic heterocycles. The zero-order chi connectivity index (χ0) is 13.2. The fourth-order valence-corrected chi connectivity index (χ4v) is 2.97. The predicted octanol–water partition coefficient (Wildman–Crippen LogP) is 0.514. The first-order valence-corrected chi connectivity index (χ1v) is 7.07. The maximum absolute atomic E-state index is 11.6. The molecule has 1 heterocycles. The summed E-state index contributed by atoms with van der Waals surface area (Å²) in [6, 6.07) is 6.67. The molecule has 0 spiro atoms. The molecule has 1 atom stereocenters. The van der Waals surface area contributed by atoms with Crippen LogP contribution in [-0.4, -0.2) is 31.9 Å². The van der Waals surface area contributed by atoms with Gasteiger partial charge in [-0.2, -0.15) is 0 Å². The van der Waals surface area contributed by atoms with E-state index in [1.165, 1.54) is 0 Å². The van der Waals surface area contributed by atoms with Crippen molar-refractivity contribution in [3.63, 3.8) is 0 Å². The van der Waals surface area contributed by atoms with E-state index in [-0.39, 0.29) is 0 Å². The number of aliphatic carboxylic acids is 1. The Hall–Kier alpha value is -1.60. The number of carboxylic acids is 1. The molecule has 0 saturated carbocycles. The van der Waals surface area contributed by atoms with Gasteiger partial charge in [0.15, 0.2) is 5.75 Å². The van der Waals surface area contributed by atoms with Gasteiger partial charge in [0.25, 0.3) is 0 Å². The highest BCUT2D eigenvalue weighted by Crippen LogP contribution is 2.31. The van der Waals surface area contributed by atoms with E-state index in [1.807, 2.05) is 0 Å². The first-order valence-electron chi connectivity index (χ1n) is 5.41. The molecule has 0 radical (unpaired) electrons. The lowest BCUT2D eigenvalue weighted by atomic mass is 10.0. The quantitative estimate of drug-likeness (QED) is 0.832. The van der Waals surface area contributed by atoms with E-state index in [0.717, 1.165) is 5.56 Å². The van der Waals surface area contributed by atoms with E-state index in [4.69, 9.17) is 9.84 Å². The van der Waals surface area contributed by atoms with E-state index in [9.17, 15) is 13.2 Å². The zero-order valence-corrected chi connectivity index (χ0v) is 10.3. The highest BCUT2D eigenvalue weighted by Gasteiger charge is 2.26. The SMILES string of the molecule is O=C(O)CS(=O)(=O)NC1CCOc2ccccc21. The van der Waals surface area contributed by atoms with Crippen molar-refractivity contribution in [3.05, 3.63) is 29.8 Å². The molecule has 1 aliphatic rings. The van der Waals surface area contributed by atoms with E-state index in [0.29, 0.717) is 18.8 Å². The predicted molar refractivity (Wildman–Crippen MR) is 63.9 cm³/mol. The van der Waals surface area contributed by atoms with Crippen LogP contribution >= 0.6 is 0 Å². The average Bonchev–Trinajstić information content (AvgIpc) is 2.27. The van der Waals surface area contributed by atoms with Crippen LogP contribution < -0.4 is 9.46 Å². The second kappa shape index (κ2) is 4.95. The lowest BCUT2D eigenvalue weighted by Crippen LogP contribution is -2.35. The maximum Gasteiger partial charge on any atom is 0.320 e. The number of carbonyl (C=O) groups is 1. The molecule has 18 heavy (non-hydrogen) atoms. The molecule has 1 unspecified atom stereocenters. The average molecular weight is 271 g/mol. The molecule has 0 fully saturated rings. The van der Waals surface area contributed by atoms with Crippen molar-refractivity contribution in [1.82, 2.24) is 4.72 Å². The van der Waals surface area contributed by atoms with Crippen molar-refractivity contribution in [1.29, 1.82) is 0 Å². The van der Waals surface area contributed by atoms with Gasteiger partial charge in [0.05, 0.1) is 12.6 Å². The third-order valence-electron chi connectivity index (χ3n) is 2.59. The lowest BCUT2D eigenvalue weighted by Gasteiger charge is -2.26. The highest BCUT2D eigenvalue weighted by atomic mass is 32.2. The van der Waals surface area contributed by atoms with Crippen LogP contribution in [0.4, 0.5) is 0 Å². The number of hydrogen-bond acceptors (Lipinski definition) is 4. The van der Waals surface area contributed by atoms with Crippen molar-refractivity contribution < 1.29 is 23.1 Å². The molecule has 2 N–H and O–H groups in total. The summed E-state index contributed by atoms with van der Waals surface area (Å²) in [6.07, 6.45) is 0.482. The Labute approximate surface area is 105 Å². The molecule has 0 aromatic heterocycles. The Morgan fingerprint density at radius 1 is 1.44 bits per heavy atom. The van der Waals surface area contributed by atoms with Gasteiger partial charge in [0.2, 0.25) is 10.0 Å². The van der Waals surface area contributed by atoms with E-state index in [2.05, 4.69) is 4.72 Å². The van der Waals surface area contributed by atoms with Crippen LogP contribution in [0.3, 0.4) is 0 Å². The van der Waals surface area contributed by atoms with E-state index in [1.54, 1.807) is 24.3 Å². The molecule has 0 aliphatic carbocycles. The first-order chi connectivity index (χ1) is 8.48. The second-order valence-electron chi connectivity index (χ2n) is 4.00. The van der Waals surface area contributed by atoms with Crippen molar-refractivity contribution in [2.24, 2.45) is 0 Å². The third-order valence-corrected chi connectivity index (χ3v) is 3.86. The van der Waals surface area contributed by atoms with Gasteiger partial charge in [-0.15, -0.1) is 0 Å². The standard InChI is InChI=1S/C11H13NO5S/c13-11(14)7-18(15,16)12-9-5-6-17-10-4-2-1-3-8(9)10/h1-4,9,12H,5-7H2,(H,13,14). The number of rotatable bonds is 4. The van der Waals surface area contributed by atoms with E-state index >= 15 is 0 Å². The summed E-state index contributed by atoms with van der Waals surface area (Å²) >= 11 is 0. The summed E-state index contributed by atoms with van der Waals surface area (Å²) in [6.45, 7) is 0.400. The molecule has 7 heteroatoms. The minimum Gasteiger partial charge on any atom is -0.493 e. The molecule has 98 valence electrons. The molecule has 0 amide bonds. The smallest absolute Gasteiger partial charge is 0.320 e. The summed E-state index contributed by atoms with van der Waals surface area (Å²) in [5.41, 5.74) is 0.734. The molecule has 0 bridgehead atoms. The summed E-state index contributed by atoms with van der Waals surface area (Å²) in [5.74, 6) is -1.67. The lowest BCUT2D eigenvalue weighted by molar-refractivity contribution is -0.134. The third kappa shape index (κ3) is 2.99. The molecule has 0 saturated heterocycles. The van der Waals surface area contributed by atoms with Crippen molar-refractivity contribution in [2.45, 2.75) is 12.5 Å². The summed E-state index contributed by atoms with van der Waals surface area (Å²) in [4.78, 5) is 10.5. The van der Waals surface area contributed by atoms with Gasteiger partial charge in [0, 0.05) is 12.0 Å². The summed E-state index contributed by atoms with van der Waals surface area (Å²) in [7, 11) is -3.83. The number of ether oxygens (including phenoxy) is 1. The van der Waals surface area contributed by atoms with Crippen LogP contribution in [0.5, 0.6) is 5.75 Å². The van der Waals surface area contributed by atoms with Crippen LogP contribution in [-0.2, 0) is 14.8 Å². The van der Waals surface area contributed by atoms with Crippen molar-refractivity contribution >= 4 is 16.0 Å². The Balaban J connectivity index is 2.19. The zero-order valence-electron chi connectivity index (χ0n) is 9.50. The summed E-state index contributed by atoms with van der Waals surface area (Å²) in [5, 5.41) is 8.53. The van der Waals surface area contributed by atoms with Gasteiger partial charge in [0.1, 0.15) is 5.75 Å². The topological polar surface area (TPSA) is 92.7 Å². The van der Waals surface area contributed by atoms with Crippen LogP contribution in [0.15, 0.2) is 24.3 Å². The van der Waals surface area contributed by atoms with Gasteiger partial charge >= 0.3 is 5.97 Å². The number of carboxylic acid groups (broad SMARTS) is 1. The highest BCUT2D eigenvalue weighted by molar-refractivity contribution is 7.90. The van der Waals surface area contributed by atoms with Crippen molar-refractivity contribution in [3.8, 4) is 5.75 Å².